The molecule has 5 aliphatic heterocycles. The Morgan fingerprint density at radius 2 is 1.95 bits per heavy atom. The lowest BCUT2D eigenvalue weighted by atomic mass is 9.61. The highest BCUT2D eigenvalue weighted by molar-refractivity contribution is 6.02. The van der Waals surface area contributed by atoms with Gasteiger partial charge in [-0.3, -0.25) is 30.3 Å². The Morgan fingerprint density at radius 3 is 2.65 bits per heavy atom. The number of rotatable bonds is 4. The molecule has 1 unspecified atom stereocenters. The summed E-state index contributed by atoms with van der Waals surface area (Å²) in [5.41, 5.74) is 12.1. The molecule has 9 N–H and O–H groups in total. The fraction of sp³-hybridized carbons (Fsp3) is 0.577. The van der Waals surface area contributed by atoms with Gasteiger partial charge in [-0.15, -0.1) is 0 Å². The van der Waals surface area contributed by atoms with Gasteiger partial charge in [0.25, 0.3) is 5.91 Å². The summed E-state index contributed by atoms with van der Waals surface area (Å²) in [6, 6.07) is 2.55. The molecule has 6 aliphatic rings. The van der Waals surface area contributed by atoms with Crippen LogP contribution in [0.3, 0.4) is 0 Å². The van der Waals surface area contributed by atoms with Crippen molar-refractivity contribution in [3.63, 3.8) is 0 Å². The normalized spacial score (nSPS) is 32.8. The van der Waals surface area contributed by atoms with Crippen LogP contribution in [-0.4, -0.2) is 98.6 Å². The number of aliphatic imine (C=N–C) groups is 1. The summed E-state index contributed by atoms with van der Waals surface area (Å²) in [4.78, 5) is 43.8. The summed E-state index contributed by atoms with van der Waals surface area (Å²) in [6.07, 6.45) is 4.38. The standard InChI is InChI=1S/C26H32N8O6/c27-22-31-20-15(11-33-17(35)5-6-18(33)36)29-23(28)34-12-16(26(38,39)25(20,34)32-22)30-21(37)13-3-1-4-14-19(13)40-10-9-24(14)7-2-8-24/h1,3-4,15-16,20,38-39H,2,5-12H2,(H6,27,28,29,30,31,32,37)/p+1/t15-,16?,20-,25-/m0/s1. The van der Waals surface area contributed by atoms with Crippen molar-refractivity contribution < 1.29 is 33.9 Å². The number of imide groups is 1. The summed E-state index contributed by atoms with van der Waals surface area (Å²) in [5, 5.41) is 32.2. The summed E-state index contributed by atoms with van der Waals surface area (Å²) in [6.45, 7) is 0.349. The first-order chi connectivity index (χ1) is 19.1. The number of para-hydroxylation sites is 1. The summed E-state index contributed by atoms with van der Waals surface area (Å²) in [7, 11) is 0. The fourth-order valence-electron chi connectivity index (χ4n) is 7.46. The van der Waals surface area contributed by atoms with E-state index in [-0.39, 0.29) is 55.1 Å². The Bertz CT molecular complexity index is 1390. The van der Waals surface area contributed by atoms with Crippen molar-refractivity contribution in [2.45, 2.75) is 73.5 Å². The van der Waals surface area contributed by atoms with E-state index in [2.05, 4.69) is 20.9 Å². The van der Waals surface area contributed by atoms with E-state index in [1.807, 2.05) is 12.1 Å². The number of carbonyl (C=O) groups excluding carboxylic acids is 3. The van der Waals surface area contributed by atoms with E-state index in [0.29, 0.717) is 17.9 Å². The first kappa shape index (κ1) is 25.1. The van der Waals surface area contributed by atoms with Crippen LogP contribution in [0.15, 0.2) is 23.2 Å². The molecule has 1 aromatic carbocycles. The van der Waals surface area contributed by atoms with Gasteiger partial charge < -0.3 is 31.3 Å². The average molecular weight is 554 g/mol. The maximum atomic E-state index is 13.6. The van der Waals surface area contributed by atoms with Gasteiger partial charge in [0.15, 0.2) is 5.96 Å². The monoisotopic (exact) mass is 553 g/mol. The van der Waals surface area contributed by atoms with Crippen molar-refractivity contribution in [2.24, 2.45) is 16.5 Å². The molecule has 212 valence electrons. The van der Waals surface area contributed by atoms with Crippen molar-refractivity contribution in [2.75, 3.05) is 19.7 Å². The van der Waals surface area contributed by atoms with E-state index in [9.17, 15) is 24.6 Å². The van der Waals surface area contributed by atoms with Crippen LogP contribution in [0.4, 0.5) is 0 Å². The topological polar surface area (TPSA) is 208 Å². The van der Waals surface area contributed by atoms with E-state index in [4.69, 9.17) is 16.2 Å². The first-order valence-electron chi connectivity index (χ1n) is 13.7. The van der Waals surface area contributed by atoms with E-state index in [1.165, 1.54) is 4.58 Å². The van der Waals surface area contributed by atoms with Crippen molar-refractivity contribution in [1.82, 2.24) is 20.9 Å². The zero-order chi connectivity index (χ0) is 28.0. The van der Waals surface area contributed by atoms with Crippen LogP contribution in [0.1, 0.15) is 54.4 Å². The van der Waals surface area contributed by atoms with Gasteiger partial charge in [0, 0.05) is 23.8 Å². The minimum atomic E-state index is -2.62. The minimum absolute atomic E-state index is 0.0343. The van der Waals surface area contributed by atoms with Gasteiger partial charge in [0.05, 0.1) is 25.3 Å². The molecule has 7 rings (SSSR count). The number of aliphatic hydroxyl groups is 2. The number of nitrogens with one attached hydrogen (secondary N) is 3. The molecule has 4 atom stereocenters. The van der Waals surface area contributed by atoms with Gasteiger partial charge in [0.1, 0.15) is 23.9 Å². The second kappa shape index (κ2) is 8.30. The van der Waals surface area contributed by atoms with Crippen LogP contribution in [0.5, 0.6) is 5.75 Å². The molecule has 3 amide bonds. The lowest BCUT2D eigenvalue weighted by Crippen LogP contribution is -2.79. The Hall–Kier alpha value is -3.91. The molecule has 3 fully saturated rings. The maximum absolute atomic E-state index is 13.6. The van der Waals surface area contributed by atoms with Gasteiger partial charge in [-0.25, -0.2) is 9.57 Å². The highest BCUT2D eigenvalue weighted by atomic mass is 16.5. The number of likely N-dealkylation sites (tertiary alicyclic amines) is 1. The Kier molecular flexibility index (Phi) is 5.21. The third-order valence-corrected chi connectivity index (χ3v) is 9.68. The molecule has 1 saturated carbocycles. The van der Waals surface area contributed by atoms with Crippen LogP contribution < -0.4 is 32.2 Å². The lowest BCUT2D eigenvalue weighted by Gasteiger charge is -2.46. The smallest absolute Gasteiger partial charge is 0.346 e. The van der Waals surface area contributed by atoms with Crippen LogP contribution in [-0.2, 0) is 15.0 Å². The summed E-state index contributed by atoms with van der Waals surface area (Å²) < 4.78 is 7.46. The van der Waals surface area contributed by atoms with Crippen LogP contribution >= 0.6 is 0 Å². The molecule has 0 radical (unpaired) electrons. The largest absolute Gasteiger partial charge is 0.492 e. The molecule has 14 nitrogen and oxygen atoms in total. The SMILES string of the molecule is NC1=N[C@H]2[C@H](CN3C(=O)CCC3=O)NC(N)=[N+]3CC(NC(=O)c4cccc5c4OCCC54CCC4)C(O)(O)[C@]23N1. The molecule has 1 aliphatic carbocycles. The second-order valence-electron chi connectivity index (χ2n) is 11.7. The van der Waals surface area contributed by atoms with Gasteiger partial charge >= 0.3 is 5.96 Å². The van der Waals surface area contributed by atoms with E-state index < -0.39 is 35.5 Å². The molecular weight excluding hydrogens is 520 g/mol. The van der Waals surface area contributed by atoms with Gasteiger partial charge in [-0.1, -0.05) is 18.6 Å². The molecule has 40 heavy (non-hydrogen) atoms. The Morgan fingerprint density at radius 1 is 1.20 bits per heavy atom. The highest BCUT2D eigenvalue weighted by Gasteiger charge is 2.75. The van der Waals surface area contributed by atoms with Gasteiger partial charge in [-0.05, 0) is 25.3 Å². The zero-order valence-corrected chi connectivity index (χ0v) is 21.9. The summed E-state index contributed by atoms with van der Waals surface area (Å²) in [5.74, 6) is -3.23. The number of benzene rings is 1. The molecule has 14 heteroatoms. The molecule has 2 saturated heterocycles. The second-order valence-corrected chi connectivity index (χ2v) is 11.7. The number of nitrogens with zero attached hydrogens (tertiary/aromatic N) is 3. The molecule has 0 aromatic heterocycles. The quantitative estimate of drug-likeness (QED) is 0.115. The first-order valence-corrected chi connectivity index (χ1v) is 13.7. The molecule has 1 aromatic rings. The van der Waals surface area contributed by atoms with Crippen LogP contribution in [0, 0.1) is 0 Å². The Balaban J connectivity index is 1.20. The van der Waals surface area contributed by atoms with E-state index >= 15 is 0 Å². The third kappa shape index (κ3) is 3.19. The number of hydrogen-bond acceptors (Lipinski definition) is 11. The molecule has 5 heterocycles. The predicted octanol–water partition coefficient (Wildman–Crippen LogP) is -2.89. The van der Waals surface area contributed by atoms with Crippen LogP contribution in [0.2, 0.25) is 0 Å². The highest BCUT2D eigenvalue weighted by Crippen LogP contribution is 2.52. The number of fused-ring (bicyclic) bond motifs is 2. The van der Waals surface area contributed by atoms with E-state index in [0.717, 1.165) is 36.1 Å². The van der Waals surface area contributed by atoms with Crippen LogP contribution in [0.25, 0.3) is 0 Å². The fourth-order valence-corrected chi connectivity index (χ4v) is 7.46. The maximum Gasteiger partial charge on any atom is 0.346 e. The Labute approximate surface area is 229 Å². The van der Waals surface area contributed by atoms with Gasteiger partial charge in [-0.2, -0.15) is 0 Å². The lowest BCUT2D eigenvalue weighted by molar-refractivity contribution is -0.623. The number of carbonyl (C=O) groups is 3. The third-order valence-electron chi connectivity index (χ3n) is 9.68. The van der Waals surface area contributed by atoms with Crippen molar-refractivity contribution >= 4 is 29.6 Å². The zero-order valence-electron chi connectivity index (χ0n) is 21.9. The number of guanidine groups is 2. The minimum Gasteiger partial charge on any atom is -0.492 e. The molecule has 0 bridgehead atoms. The van der Waals surface area contributed by atoms with Crippen molar-refractivity contribution in [1.29, 1.82) is 0 Å². The van der Waals surface area contributed by atoms with Gasteiger partial charge in [0.2, 0.25) is 23.3 Å². The predicted molar refractivity (Wildman–Crippen MR) is 139 cm³/mol. The number of hydrogen-bond donors (Lipinski definition) is 7. The van der Waals surface area contributed by atoms with E-state index in [1.54, 1.807) is 6.07 Å². The number of amides is 3. The summed E-state index contributed by atoms with van der Waals surface area (Å²) >= 11 is 0. The van der Waals surface area contributed by atoms with Crippen molar-refractivity contribution in [3.05, 3.63) is 29.3 Å². The average Bonchev–Trinajstić information content (AvgIpc) is 3.49. The molecular formula is C26H33N8O6+. The number of nitrogens with two attached hydrogens (primary N) is 2. The number of ether oxygens (including phenoxy) is 1. The van der Waals surface area contributed by atoms with Crippen molar-refractivity contribution in [3.8, 4) is 5.75 Å². The molecule has 2 spiro atoms.